The van der Waals surface area contributed by atoms with Gasteiger partial charge >= 0.3 is 0 Å². The molecule has 0 spiro atoms. The Morgan fingerprint density at radius 3 is 2.48 bits per heavy atom. The lowest BCUT2D eigenvalue weighted by Crippen LogP contribution is -2.15. The van der Waals surface area contributed by atoms with Crippen molar-refractivity contribution < 1.29 is 13.2 Å². The van der Waals surface area contributed by atoms with Crippen LogP contribution < -0.4 is 10.5 Å². The van der Waals surface area contributed by atoms with E-state index in [9.17, 15) is 13.2 Å². The van der Waals surface area contributed by atoms with Gasteiger partial charge < -0.3 is 5.32 Å². The van der Waals surface area contributed by atoms with Crippen molar-refractivity contribution in [2.75, 3.05) is 5.32 Å². The molecule has 0 bridgehead atoms. The number of carbonyl (C=O) groups excluding carboxylic acids is 1. The van der Waals surface area contributed by atoms with Crippen molar-refractivity contribution in [2.24, 2.45) is 5.14 Å². The minimum absolute atomic E-state index is 0.0405. The Morgan fingerprint density at radius 2 is 1.81 bits per heavy atom. The summed E-state index contributed by atoms with van der Waals surface area (Å²) in [5.41, 5.74) is 2.76. The average Bonchev–Trinajstić information content (AvgIpc) is 2.41. The van der Waals surface area contributed by atoms with Gasteiger partial charge in [0.1, 0.15) is 0 Å². The maximum Gasteiger partial charge on any atom is 0.255 e. The van der Waals surface area contributed by atoms with Crippen LogP contribution in [0.5, 0.6) is 0 Å². The molecule has 0 aliphatic heterocycles. The second kappa shape index (κ2) is 5.67. The van der Waals surface area contributed by atoms with Gasteiger partial charge in [-0.2, -0.15) is 0 Å². The lowest BCUT2D eigenvalue weighted by molar-refractivity contribution is 0.102. The molecule has 0 aromatic heterocycles. The van der Waals surface area contributed by atoms with Gasteiger partial charge in [-0.25, -0.2) is 13.6 Å². The van der Waals surface area contributed by atoms with E-state index in [1.165, 1.54) is 18.2 Å². The van der Waals surface area contributed by atoms with E-state index in [2.05, 4.69) is 5.32 Å². The summed E-state index contributed by atoms with van der Waals surface area (Å²) in [6.45, 7) is 3.74. The van der Waals surface area contributed by atoms with E-state index in [1.54, 1.807) is 12.1 Å². The molecule has 3 N–H and O–H groups in total. The Bertz CT molecular complexity index is 798. The van der Waals surface area contributed by atoms with Crippen LogP contribution in [0.1, 0.15) is 21.5 Å². The monoisotopic (exact) mass is 304 g/mol. The summed E-state index contributed by atoms with van der Waals surface area (Å²) in [7, 11) is -3.79. The van der Waals surface area contributed by atoms with Crippen LogP contribution >= 0.6 is 0 Å². The molecule has 2 rings (SSSR count). The van der Waals surface area contributed by atoms with Crippen molar-refractivity contribution in [3.63, 3.8) is 0 Å². The number of sulfonamides is 1. The molecule has 0 fully saturated rings. The molecule has 1 amide bonds. The first-order valence-electron chi connectivity index (χ1n) is 6.29. The Balaban J connectivity index is 2.30. The number of rotatable bonds is 3. The summed E-state index contributed by atoms with van der Waals surface area (Å²) in [6, 6.07) is 11.4. The number of primary sulfonamides is 1. The van der Waals surface area contributed by atoms with Gasteiger partial charge in [-0.05, 0) is 43.7 Å². The van der Waals surface area contributed by atoms with E-state index in [4.69, 9.17) is 5.14 Å². The summed E-state index contributed by atoms with van der Waals surface area (Å²) < 4.78 is 22.6. The normalized spacial score (nSPS) is 11.2. The van der Waals surface area contributed by atoms with E-state index in [0.29, 0.717) is 11.3 Å². The Kier molecular flexibility index (Phi) is 4.11. The number of amides is 1. The SMILES string of the molecule is Cc1ccc(C)c(C(=O)Nc2cccc(S(N)(=O)=O)c2)c1. The van der Waals surface area contributed by atoms with Crippen molar-refractivity contribution in [3.8, 4) is 0 Å². The predicted octanol–water partition coefficient (Wildman–Crippen LogP) is 2.20. The summed E-state index contributed by atoms with van der Waals surface area (Å²) in [5.74, 6) is -0.289. The lowest BCUT2D eigenvalue weighted by Gasteiger charge is -2.09. The fourth-order valence-corrected chi connectivity index (χ4v) is 2.49. The van der Waals surface area contributed by atoms with Gasteiger partial charge in [0, 0.05) is 11.3 Å². The molecule has 0 heterocycles. The number of nitrogens with two attached hydrogens (primary N) is 1. The standard InChI is InChI=1S/C15H16N2O3S/c1-10-6-7-11(2)14(8-10)15(18)17-12-4-3-5-13(9-12)21(16,19)20/h3-9H,1-2H3,(H,17,18)(H2,16,19,20). The fourth-order valence-electron chi connectivity index (χ4n) is 1.93. The van der Waals surface area contributed by atoms with Gasteiger partial charge in [0.15, 0.2) is 0 Å². The number of hydrogen-bond acceptors (Lipinski definition) is 3. The van der Waals surface area contributed by atoms with Crippen LogP contribution in [0.3, 0.4) is 0 Å². The molecule has 110 valence electrons. The zero-order valence-corrected chi connectivity index (χ0v) is 12.6. The molecule has 0 aliphatic carbocycles. The van der Waals surface area contributed by atoms with Crippen LogP contribution in [-0.4, -0.2) is 14.3 Å². The number of benzene rings is 2. The number of anilines is 1. The van der Waals surface area contributed by atoms with Crippen LogP contribution in [0.4, 0.5) is 5.69 Å². The van der Waals surface area contributed by atoms with Crippen LogP contribution in [0.15, 0.2) is 47.4 Å². The highest BCUT2D eigenvalue weighted by Gasteiger charge is 2.12. The molecule has 6 heteroatoms. The van der Waals surface area contributed by atoms with Crippen LogP contribution in [0.2, 0.25) is 0 Å². The highest BCUT2D eigenvalue weighted by molar-refractivity contribution is 7.89. The molecule has 2 aromatic carbocycles. The molecule has 2 aromatic rings. The summed E-state index contributed by atoms with van der Waals surface area (Å²) in [6.07, 6.45) is 0. The first-order chi connectivity index (χ1) is 9.77. The predicted molar refractivity (Wildman–Crippen MR) is 81.7 cm³/mol. The highest BCUT2D eigenvalue weighted by Crippen LogP contribution is 2.17. The second-order valence-corrected chi connectivity index (χ2v) is 6.41. The molecule has 0 atom stereocenters. The summed E-state index contributed by atoms with van der Waals surface area (Å²) in [5, 5.41) is 7.75. The number of nitrogens with one attached hydrogen (secondary N) is 1. The zero-order chi connectivity index (χ0) is 15.6. The molecular weight excluding hydrogens is 288 g/mol. The minimum atomic E-state index is -3.79. The van der Waals surface area contributed by atoms with Crippen molar-refractivity contribution in [2.45, 2.75) is 18.7 Å². The van der Waals surface area contributed by atoms with Crippen molar-refractivity contribution in [3.05, 3.63) is 59.2 Å². The number of hydrogen-bond donors (Lipinski definition) is 2. The third kappa shape index (κ3) is 3.68. The topological polar surface area (TPSA) is 89.3 Å². The molecule has 0 saturated heterocycles. The van der Waals surface area contributed by atoms with Crippen molar-refractivity contribution in [1.29, 1.82) is 0 Å². The first-order valence-corrected chi connectivity index (χ1v) is 7.83. The zero-order valence-electron chi connectivity index (χ0n) is 11.8. The maximum atomic E-state index is 12.3. The van der Waals surface area contributed by atoms with Crippen LogP contribution in [0, 0.1) is 13.8 Å². The fraction of sp³-hybridized carbons (Fsp3) is 0.133. The molecule has 5 nitrogen and oxygen atoms in total. The van der Waals surface area contributed by atoms with Crippen molar-refractivity contribution in [1.82, 2.24) is 0 Å². The minimum Gasteiger partial charge on any atom is -0.322 e. The average molecular weight is 304 g/mol. The van der Waals surface area contributed by atoms with Gasteiger partial charge in [-0.1, -0.05) is 23.8 Å². The van der Waals surface area contributed by atoms with Gasteiger partial charge in [-0.3, -0.25) is 4.79 Å². The van der Waals surface area contributed by atoms with Crippen LogP contribution in [-0.2, 0) is 10.0 Å². The summed E-state index contributed by atoms with van der Waals surface area (Å²) in [4.78, 5) is 12.2. The van der Waals surface area contributed by atoms with E-state index >= 15 is 0 Å². The Morgan fingerprint density at radius 1 is 1.10 bits per heavy atom. The largest absolute Gasteiger partial charge is 0.322 e. The third-order valence-electron chi connectivity index (χ3n) is 3.06. The summed E-state index contributed by atoms with van der Waals surface area (Å²) >= 11 is 0. The Hall–Kier alpha value is -2.18. The molecule has 0 radical (unpaired) electrons. The smallest absolute Gasteiger partial charge is 0.255 e. The number of aryl methyl sites for hydroxylation is 2. The van der Waals surface area contributed by atoms with E-state index in [-0.39, 0.29) is 10.8 Å². The van der Waals surface area contributed by atoms with Crippen LogP contribution in [0.25, 0.3) is 0 Å². The van der Waals surface area contributed by atoms with Gasteiger partial charge in [0.25, 0.3) is 5.91 Å². The van der Waals surface area contributed by atoms with E-state index < -0.39 is 10.0 Å². The van der Waals surface area contributed by atoms with Gasteiger partial charge in [-0.15, -0.1) is 0 Å². The molecule has 0 aliphatic rings. The lowest BCUT2D eigenvalue weighted by atomic mass is 10.1. The Labute approximate surface area is 123 Å². The quantitative estimate of drug-likeness (QED) is 0.911. The van der Waals surface area contributed by atoms with E-state index in [1.807, 2.05) is 26.0 Å². The molecule has 0 saturated carbocycles. The maximum absolute atomic E-state index is 12.3. The molecular formula is C15H16N2O3S. The van der Waals surface area contributed by atoms with Crippen molar-refractivity contribution >= 4 is 21.6 Å². The first kappa shape index (κ1) is 15.2. The van der Waals surface area contributed by atoms with Gasteiger partial charge in [0.2, 0.25) is 10.0 Å². The third-order valence-corrected chi connectivity index (χ3v) is 3.97. The molecule has 0 unspecified atom stereocenters. The second-order valence-electron chi connectivity index (χ2n) is 4.85. The molecule has 21 heavy (non-hydrogen) atoms. The van der Waals surface area contributed by atoms with Gasteiger partial charge in [0.05, 0.1) is 4.90 Å². The highest BCUT2D eigenvalue weighted by atomic mass is 32.2. The van der Waals surface area contributed by atoms with E-state index in [0.717, 1.165) is 11.1 Å². The number of carbonyl (C=O) groups is 1.